The van der Waals surface area contributed by atoms with Gasteiger partial charge in [-0.15, -0.1) is 11.3 Å². The molecule has 0 saturated carbocycles. The Balaban J connectivity index is 1.95. The first-order valence-electron chi connectivity index (χ1n) is 7.63. The molecule has 1 aliphatic rings. The number of rotatable bonds is 4. The number of nitrogens with one attached hydrogen (secondary N) is 1. The predicted octanol–water partition coefficient (Wildman–Crippen LogP) is 3.78. The number of aromatic carboxylic acids is 1. The fourth-order valence-corrected chi connectivity index (χ4v) is 3.32. The van der Waals surface area contributed by atoms with Gasteiger partial charge in [0.25, 0.3) is 0 Å². The van der Waals surface area contributed by atoms with Crippen LogP contribution in [0.1, 0.15) is 31.1 Å². The molecule has 127 valence electrons. The lowest BCUT2D eigenvalue weighted by Gasteiger charge is -2.18. The van der Waals surface area contributed by atoms with Crippen LogP contribution in [0.3, 0.4) is 0 Å². The summed E-state index contributed by atoms with van der Waals surface area (Å²) in [5.74, 6) is -1.03. The molecular weight excluding hydrogens is 340 g/mol. The fraction of sp³-hybridized carbons (Fsp3) is 0.235. The molecule has 0 aromatic carbocycles. The average molecular weight is 356 g/mol. The highest BCUT2D eigenvalue weighted by Gasteiger charge is 2.30. The van der Waals surface area contributed by atoms with Gasteiger partial charge in [0, 0.05) is 22.3 Å². The Bertz CT molecular complexity index is 886. The second-order valence-corrected chi connectivity index (χ2v) is 7.12. The normalized spacial score (nSPS) is 16.1. The smallest absolute Gasteiger partial charge is 0.339 e. The van der Waals surface area contributed by atoms with E-state index in [4.69, 9.17) is 0 Å². The second kappa shape index (κ2) is 6.44. The Labute approximate surface area is 149 Å². The Kier molecular flexibility index (Phi) is 4.47. The summed E-state index contributed by atoms with van der Waals surface area (Å²) in [4.78, 5) is 21.0. The zero-order chi connectivity index (χ0) is 18.2. The molecule has 0 aliphatic carbocycles. The van der Waals surface area contributed by atoms with Gasteiger partial charge in [0.1, 0.15) is 11.2 Å². The first kappa shape index (κ1) is 17.4. The molecule has 0 fully saturated rings. The minimum atomic E-state index is -1.54. The zero-order valence-corrected chi connectivity index (χ0v) is 14.8. The molecule has 0 amide bonds. The number of hydrogen-bond donors (Lipinski definition) is 2. The molecule has 5 nitrogen and oxygen atoms in total. The van der Waals surface area contributed by atoms with Crippen molar-refractivity contribution in [3.05, 3.63) is 46.5 Å². The van der Waals surface area contributed by atoms with Crippen LogP contribution in [0.25, 0.3) is 10.4 Å². The third-order valence-electron chi connectivity index (χ3n) is 3.72. The molecule has 8 heteroatoms. The highest BCUT2D eigenvalue weighted by Crippen LogP contribution is 2.29. The standard InChI is InChI=1S/C17H16BFN3O2S/c1-9-13(17(2,3)19)21-16(18-9)22-14-11(15(23)24)7-10(8-20-14)12-5-4-6-25-12/h4-8H,1-3H3,(H,23,24)(H,20,21,22). The van der Waals surface area contributed by atoms with E-state index in [1.54, 1.807) is 26.5 Å². The highest BCUT2D eigenvalue weighted by molar-refractivity contribution is 7.13. The van der Waals surface area contributed by atoms with Crippen molar-refractivity contribution in [1.29, 1.82) is 0 Å². The number of aliphatic imine (C=N–C) groups is 1. The molecule has 2 aromatic heterocycles. The third-order valence-corrected chi connectivity index (χ3v) is 4.64. The lowest BCUT2D eigenvalue weighted by atomic mass is 9.70. The Morgan fingerprint density at radius 2 is 2.24 bits per heavy atom. The van der Waals surface area contributed by atoms with Crippen molar-refractivity contribution in [1.82, 2.24) is 10.3 Å². The van der Waals surface area contributed by atoms with E-state index in [2.05, 4.69) is 15.3 Å². The van der Waals surface area contributed by atoms with Crippen LogP contribution in [0.5, 0.6) is 0 Å². The lowest BCUT2D eigenvalue weighted by molar-refractivity contribution is 0.0697. The summed E-state index contributed by atoms with van der Waals surface area (Å²) >= 11 is 1.50. The van der Waals surface area contributed by atoms with Crippen LogP contribution in [0.15, 0.2) is 45.9 Å². The highest BCUT2D eigenvalue weighted by atomic mass is 32.1. The largest absolute Gasteiger partial charge is 0.478 e. The fourth-order valence-electron chi connectivity index (χ4n) is 2.61. The number of carboxylic acid groups (broad SMARTS) is 1. The van der Waals surface area contributed by atoms with E-state index in [0.29, 0.717) is 11.4 Å². The number of thiophene rings is 1. The van der Waals surface area contributed by atoms with Crippen LogP contribution in [0.4, 0.5) is 10.2 Å². The third kappa shape index (κ3) is 3.63. The monoisotopic (exact) mass is 356 g/mol. The first-order chi connectivity index (χ1) is 11.8. The summed E-state index contributed by atoms with van der Waals surface area (Å²) in [7, 11) is 1.68. The molecule has 2 N–H and O–H groups in total. The van der Waals surface area contributed by atoms with E-state index >= 15 is 0 Å². The molecule has 3 rings (SSSR count). The molecule has 0 unspecified atom stereocenters. The summed E-state index contributed by atoms with van der Waals surface area (Å²) in [6.07, 6.45) is 1.59. The predicted molar refractivity (Wildman–Crippen MR) is 98.4 cm³/mol. The number of nitrogens with zero attached hydrogens (tertiary/aromatic N) is 2. The Morgan fingerprint density at radius 3 is 2.80 bits per heavy atom. The van der Waals surface area contributed by atoms with Gasteiger partial charge in [0.2, 0.25) is 7.28 Å². The molecule has 0 bridgehead atoms. The Morgan fingerprint density at radius 1 is 1.48 bits per heavy atom. The number of carbonyl (C=O) groups is 1. The van der Waals surface area contributed by atoms with Crippen molar-refractivity contribution in [2.24, 2.45) is 4.99 Å². The van der Waals surface area contributed by atoms with Gasteiger partial charge in [0.15, 0.2) is 5.82 Å². The minimum Gasteiger partial charge on any atom is -0.478 e. The van der Waals surface area contributed by atoms with Crippen LogP contribution in [0, 0.1) is 0 Å². The van der Waals surface area contributed by atoms with Crippen molar-refractivity contribution >= 4 is 36.1 Å². The molecule has 0 saturated heterocycles. The van der Waals surface area contributed by atoms with Gasteiger partial charge in [-0.2, -0.15) is 0 Å². The molecule has 1 aliphatic heterocycles. The maximum absolute atomic E-state index is 14.2. The molecule has 0 spiro atoms. The van der Waals surface area contributed by atoms with Crippen LogP contribution >= 0.6 is 11.3 Å². The SMILES string of the molecule is CC1=C(C(C)(C)F)N/C(=N/c2ncc(-c3cccs3)cc2C(=O)O)[B]1. The van der Waals surface area contributed by atoms with Crippen LogP contribution in [-0.2, 0) is 0 Å². The van der Waals surface area contributed by atoms with Gasteiger partial charge in [0.05, 0.1) is 5.73 Å². The number of carboxylic acids is 1. The summed E-state index contributed by atoms with van der Waals surface area (Å²) in [5.41, 5.74) is 0.691. The van der Waals surface area contributed by atoms with E-state index in [1.165, 1.54) is 25.2 Å². The van der Waals surface area contributed by atoms with E-state index < -0.39 is 11.6 Å². The van der Waals surface area contributed by atoms with Gasteiger partial charge in [-0.1, -0.05) is 18.5 Å². The van der Waals surface area contributed by atoms with Crippen molar-refractivity contribution in [2.45, 2.75) is 26.4 Å². The molecule has 3 heterocycles. The van der Waals surface area contributed by atoms with Gasteiger partial charge < -0.3 is 10.4 Å². The summed E-state index contributed by atoms with van der Waals surface area (Å²) < 4.78 is 14.2. The number of halogens is 1. The second-order valence-electron chi connectivity index (χ2n) is 6.17. The molecule has 0 atom stereocenters. The first-order valence-corrected chi connectivity index (χ1v) is 8.51. The maximum atomic E-state index is 14.2. The topological polar surface area (TPSA) is 74.6 Å². The number of amidine groups is 1. The molecule has 2 aromatic rings. The van der Waals surface area contributed by atoms with E-state index in [9.17, 15) is 14.3 Å². The molecule has 1 radical (unpaired) electrons. The van der Waals surface area contributed by atoms with E-state index in [-0.39, 0.29) is 11.4 Å². The van der Waals surface area contributed by atoms with E-state index in [0.717, 1.165) is 15.9 Å². The molecule has 25 heavy (non-hydrogen) atoms. The van der Waals surface area contributed by atoms with Gasteiger partial charge >= 0.3 is 5.97 Å². The summed E-state index contributed by atoms with van der Waals surface area (Å²) in [6, 6.07) is 5.34. The summed E-state index contributed by atoms with van der Waals surface area (Å²) in [6.45, 7) is 4.68. The van der Waals surface area contributed by atoms with Gasteiger partial charge in [-0.05, 0) is 31.4 Å². The zero-order valence-electron chi connectivity index (χ0n) is 14.0. The van der Waals surface area contributed by atoms with Crippen LogP contribution in [0.2, 0.25) is 0 Å². The lowest BCUT2D eigenvalue weighted by Crippen LogP contribution is -2.29. The maximum Gasteiger partial charge on any atom is 0.339 e. The number of pyridine rings is 1. The van der Waals surface area contributed by atoms with Crippen molar-refractivity contribution in [3.8, 4) is 10.4 Å². The van der Waals surface area contributed by atoms with Gasteiger partial charge in [-0.25, -0.2) is 19.2 Å². The van der Waals surface area contributed by atoms with Crippen LogP contribution < -0.4 is 5.32 Å². The van der Waals surface area contributed by atoms with Crippen molar-refractivity contribution in [3.63, 3.8) is 0 Å². The number of alkyl halides is 1. The average Bonchev–Trinajstić information content (AvgIpc) is 3.16. The van der Waals surface area contributed by atoms with Crippen molar-refractivity contribution < 1.29 is 14.3 Å². The molecular formula is C17H16BFN3O2S. The Hall–Kier alpha value is -2.48. The minimum absolute atomic E-state index is 0.000730. The number of hydrogen-bond acceptors (Lipinski definition) is 4. The van der Waals surface area contributed by atoms with Crippen LogP contribution in [-0.4, -0.2) is 34.7 Å². The summed E-state index contributed by atoms with van der Waals surface area (Å²) in [5, 5.41) is 14.3. The van der Waals surface area contributed by atoms with Gasteiger partial charge in [-0.3, -0.25) is 0 Å². The van der Waals surface area contributed by atoms with Crippen molar-refractivity contribution in [2.75, 3.05) is 0 Å². The van der Waals surface area contributed by atoms with E-state index in [1.807, 2.05) is 17.5 Å². The number of allylic oxidation sites excluding steroid dienone is 2. The number of aromatic nitrogens is 1. The quantitative estimate of drug-likeness (QED) is 0.818.